The number of nitrogens with zero attached hydrogens (tertiary/aromatic N) is 3. The fourth-order valence-corrected chi connectivity index (χ4v) is 3.65. The van der Waals surface area contributed by atoms with Crippen molar-refractivity contribution in [3.8, 4) is 11.5 Å². The number of likely N-dealkylation sites (tertiary alicyclic amines) is 1. The molecule has 1 aromatic heterocycles. The van der Waals surface area contributed by atoms with Crippen LogP contribution < -0.4 is 0 Å². The maximum atomic E-state index is 10.9. The second kappa shape index (κ2) is 9.05. The number of allylic oxidation sites excluding steroid dienone is 1. The molecule has 1 aliphatic rings. The molecule has 154 valence electrons. The Balaban J connectivity index is 1.44. The van der Waals surface area contributed by atoms with E-state index in [2.05, 4.69) is 34.2 Å². The second-order valence-corrected chi connectivity index (χ2v) is 7.66. The molecule has 0 unspecified atom stereocenters. The first-order valence-corrected chi connectivity index (χ1v) is 10.3. The van der Waals surface area contributed by atoms with Crippen molar-refractivity contribution in [3.05, 3.63) is 71.6 Å². The Morgan fingerprint density at radius 2 is 1.87 bits per heavy atom. The lowest BCUT2D eigenvalue weighted by Gasteiger charge is -2.36. The van der Waals surface area contributed by atoms with Crippen molar-refractivity contribution in [2.75, 3.05) is 13.1 Å². The first-order valence-electron chi connectivity index (χ1n) is 10.3. The molecule has 1 aliphatic heterocycles. The monoisotopic (exact) mass is 403 g/mol. The molecule has 30 heavy (non-hydrogen) atoms. The van der Waals surface area contributed by atoms with Crippen molar-refractivity contribution in [2.24, 2.45) is 5.92 Å². The minimum Gasteiger partial charge on any atom is -0.481 e. The van der Waals surface area contributed by atoms with Crippen LogP contribution in [-0.4, -0.2) is 39.3 Å². The maximum absolute atomic E-state index is 10.9. The van der Waals surface area contributed by atoms with Gasteiger partial charge in [0.05, 0.1) is 5.92 Å². The summed E-state index contributed by atoms with van der Waals surface area (Å²) in [7, 11) is 0. The molecule has 0 bridgehead atoms. The number of rotatable bonds is 8. The number of aromatic nitrogens is 2. The molecule has 2 aromatic carbocycles. The van der Waals surface area contributed by atoms with E-state index in [1.165, 1.54) is 11.1 Å². The highest BCUT2D eigenvalue weighted by molar-refractivity contribution is 5.79. The Hall–Kier alpha value is -3.25. The van der Waals surface area contributed by atoms with Gasteiger partial charge in [0.1, 0.15) is 0 Å². The van der Waals surface area contributed by atoms with E-state index in [-0.39, 0.29) is 5.92 Å². The van der Waals surface area contributed by atoms with Crippen molar-refractivity contribution in [3.63, 3.8) is 0 Å². The topological polar surface area (TPSA) is 79.5 Å². The zero-order valence-electron chi connectivity index (χ0n) is 17.0. The van der Waals surface area contributed by atoms with Crippen LogP contribution in [-0.2, 0) is 11.3 Å². The third-order valence-electron chi connectivity index (χ3n) is 5.32. The molecule has 6 nitrogen and oxygen atoms in total. The van der Waals surface area contributed by atoms with Crippen LogP contribution in [0.15, 0.2) is 59.0 Å². The Bertz CT molecular complexity index is 1020. The summed E-state index contributed by atoms with van der Waals surface area (Å²) < 4.78 is 5.89. The van der Waals surface area contributed by atoms with Gasteiger partial charge >= 0.3 is 5.97 Å². The van der Waals surface area contributed by atoms with Crippen molar-refractivity contribution < 1.29 is 14.3 Å². The van der Waals surface area contributed by atoms with Crippen LogP contribution >= 0.6 is 0 Å². The van der Waals surface area contributed by atoms with E-state index in [0.29, 0.717) is 24.9 Å². The van der Waals surface area contributed by atoms with E-state index >= 15 is 0 Å². The van der Waals surface area contributed by atoms with Gasteiger partial charge in [-0.25, -0.2) is 0 Å². The number of carboxylic acid groups (broad SMARTS) is 1. The van der Waals surface area contributed by atoms with Gasteiger partial charge in [0.25, 0.3) is 0 Å². The van der Waals surface area contributed by atoms with Gasteiger partial charge in [-0.2, -0.15) is 0 Å². The summed E-state index contributed by atoms with van der Waals surface area (Å²) >= 11 is 0. The van der Waals surface area contributed by atoms with E-state index in [9.17, 15) is 4.79 Å². The van der Waals surface area contributed by atoms with Crippen molar-refractivity contribution >= 4 is 17.6 Å². The summed E-state index contributed by atoms with van der Waals surface area (Å²) in [6, 6.07) is 18.2. The molecule has 1 fully saturated rings. The molecule has 0 amide bonds. The predicted octanol–water partition coefficient (Wildman–Crippen LogP) is 4.59. The summed E-state index contributed by atoms with van der Waals surface area (Å²) in [5.74, 6) is 0.0492. The standard InChI is InChI=1S/C24H25N3O3/c1-2-6-20(18-7-4-3-5-8-18)13-22-25-26-23(30-22)19-11-9-17(10-12-19)14-27-15-21(16-27)24(28)29/h3-5,7-13,21H,2,6,14-16H2,1H3,(H,28,29). The zero-order chi connectivity index (χ0) is 20.9. The molecule has 1 N–H and O–H groups in total. The van der Waals surface area contributed by atoms with Gasteiger partial charge in [-0.15, -0.1) is 10.2 Å². The molecule has 6 heteroatoms. The Labute approximate surface area is 175 Å². The lowest BCUT2D eigenvalue weighted by molar-refractivity contribution is -0.147. The van der Waals surface area contributed by atoms with E-state index in [0.717, 1.165) is 30.5 Å². The van der Waals surface area contributed by atoms with Crippen LogP contribution in [0.4, 0.5) is 0 Å². The number of hydrogen-bond acceptors (Lipinski definition) is 5. The van der Waals surface area contributed by atoms with Crippen LogP contribution in [0.2, 0.25) is 0 Å². The number of benzene rings is 2. The van der Waals surface area contributed by atoms with Crippen molar-refractivity contribution in [2.45, 2.75) is 26.3 Å². The van der Waals surface area contributed by atoms with Gasteiger partial charge in [-0.05, 0) is 35.3 Å². The molecule has 0 aliphatic carbocycles. The summed E-state index contributed by atoms with van der Waals surface area (Å²) in [5, 5.41) is 17.4. The van der Waals surface area contributed by atoms with E-state index in [4.69, 9.17) is 9.52 Å². The Morgan fingerprint density at radius 1 is 1.13 bits per heavy atom. The quantitative estimate of drug-likeness (QED) is 0.592. The molecule has 0 atom stereocenters. The summed E-state index contributed by atoms with van der Waals surface area (Å²) in [5.41, 5.74) is 4.35. The lowest BCUT2D eigenvalue weighted by atomic mass is 9.99. The molecule has 0 spiro atoms. The normalized spacial score (nSPS) is 15.2. The molecule has 2 heterocycles. The fourth-order valence-electron chi connectivity index (χ4n) is 3.65. The highest BCUT2D eigenvalue weighted by Crippen LogP contribution is 2.25. The van der Waals surface area contributed by atoms with Gasteiger partial charge in [-0.1, -0.05) is 55.8 Å². The molecular weight excluding hydrogens is 378 g/mol. The largest absolute Gasteiger partial charge is 0.481 e. The van der Waals surface area contributed by atoms with Crippen molar-refractivity contribution in [1.82, 2.24) is 15.1 Å². The smallest absolute Gasteiger partial charge is 0.309 e. The average molecular weight is 403 g/mol. The minimum atomic E-state index is -0.711. The van der Waals surface area contributed by atoms with Crippen LogP contribution in [0.3, 0.4) is 0 Å². The molecular formula is C24H25N3O3. The van der Waals surface area contributed by atoms with Crippen LogP contribution in [0.25, 0.3) is 23.1 Å². The van der Waals surface area contributed by atoms with E-state index in [1.807, 2.05) is 48.5 Å². The maximum Gasteiger partial charge on any atom is 0.309 e. The van der Waals surface area contributed by atoms with Crippen LogP contribution in [0, 0.1) is 5.92 Å². The number of carbonyl (C=O) groups is 1. The summed E-state index contributed by atoms with van der Waals surface area (Å²) in [6.07, 6.45) is 3.94. The molecule has 0 saturated carbocycles. The number of aliphatic carboxylic acids is 1. The van der Waals surface area contributed by atoms with Gasteiger partial charge < -0.3 is 9.52 Å². The third kappa shape index (κ3) is 4.66. The zero-order valence-corrected chi connectivity index (χ0v) is 17.0. The predicted molar refractivity (Wildman–Crippen MR) is 115 cm³/mol. The number of carboxylic acids is 1. The summed E-state index contributed by atoms with van der Waals surface area (Å²) in [4.78, 5) is 13.0. The third-order valence-corrected chi connectivity index (χ3v) is 5.32. The molecule has 0 radical (unpaired) electrons. The van der Waals surface area contributed by atoms with E-state index in [1.54, 1.807) is 0 Å². The average Bonchev–Trinajstić information content (AvgIpc) is 3.19. The van der Waals surface area contributed by atoms with Gasteiger partial charge in [0.15, 0.2) is 0 Å². The highest BCUT2D eigenvalue weighted by atomic mass is 16.4. The van der Waals surface area contributed by atoms with Crippen molar-refractivity contribution in [1.29, 1.82) is 0 Å². The molecule has 3 aromatic rings. The van der Waals surface area contributed by atoms with Crippen LogP contribution in [0.1, 0.15) is 36.8 Å². The molecule has 1 saturated heterocycles. The lowest BCUT2D eigenvalue weighted by Crippen LogP contribution is -2.49. The SMILES string of the molecule is CCCC(=Cc1nnc(-c2ccc(CN3CC(C(=O)O)C3)cc2)o1)c1ccccc1. The summed E-state index contributed by atoms with van der Waals surface area (Å²) in [6.45, 7) is 4.12. The van der Waals surface area contributed by atoms with Gasteiger partial charge in [0, 0.05) is 31.3 Å². The first kappa shape index (κ1) is 20.0. The Kier molecular flexibility index (Phi) is 6.05. The Morgan fingerprint density at radius 3 is 2.53 bits per heavy atom. The van der Waals surface area contributed by atoms with Crippen LogP contribution in [0.5, 0.6) is 0 Å². The second-order valence-electron chi connectivity index (χ2n) is 7.66. The first-order chi connectivity index (χ1) is 14.6. The minimum absolute atomic E-state index is 0.234. The van der Waals surface area contributed by atoms with Gasteiger partial charge in [0.2, 0.25) is 11.8 Å². The number of hydrogen-bond donors (Lipinski definition) is 1. The fraction of sp³-hybridized carbons (Fsp3) is 0.292. The highest BCUT2D eigenvalue weighted by Gasteiger charge is 2.32. The van der Waals surface area contributed by atoms with Gasteiger partial charge in [-0.3, -0.25) is 9.69 Å². The van der Waals surface area contributed by atoms with E-state index < -0.39 is 5.97 Å². The molecule has 4 rings (SSSR count).